The molecule has 6 heteroatoms. The van der Waals surface area contributed by atoms with Gasteiger partial charge in [0.1, 0.15) is 17.6 Å². The molecule has 1 fully saturated rings. The fourth-order valence-corrected chi connectivity index (χ4v) is 4.36. The number of carbonyl (C=O) groups is 2. The number of allylic oxidation sites excluding steroid dienone is 1. The number of rotatable bonds is 10. The van der Waals surface area contributed by atoms with Crippen molar-refractivity contribution in [2.75, 3.05) is 6.61 Å². The number of ether oxygens (including phenoxy) is 3. The minimum atomic E-state index is -1.07. The number of para-hydroxylation sites is 1. The van der Waals surface area contributed by atoms with Crippen LogP contribution in [0.5, 0.6) is 11.5 Å². The topological polar surface area (TPSA) is 85.6 Å². The highest BCUT2D eigenvalue weighted by atomic mass is 16.5. The van der Waals surface area contributed by atoms with Gasteiger partial charge in [0, 0.05) is 18.1 Å². The molecule has 0 aromatic heterocycles. The lowest BCUT2D eigenvalue weighted by atomic mass is 10.1. The molecule has 0 spiro atoms. The van der Waals surface area contributed by atoms with Crippen molar-refractivity contribution in [3.05, 3.63) is 108 Å². The Labute approximate surface area is 217 Å². The summed E-state index contributed by atoms with van der Waals surface area (Å²) in [5.41, 5.74) is 1.22. The fraction of sp³-hybridized carbons (Fsp3) is 0.258. The number of hydrogen-bond donors (Lipinski definition) is 0. The van der Waals surface area contributed by atoms with Crippen LogP contribution in [0.2, 0.25) is 0 Å². The smallest absolute Gasteiger partial charge is 0.330 e. The van der Waals surface area contributed by atoms with E-state index in [4.69, 9.17) is 14.2 Å². The maximum atomic E-state index is 13.0. The zero-order chi connectivity index (χ0) is 26.3. The number of nitriles is 1. The number of nitrogens with zero attached hydrogens (tertiary/aromatic N) is 1. The predicted molar refractivity (Wildman–Crippen MR) is 138 cm³/mol. The molecule has 4 rings (SSSR count). The first kappa shape index (κ1) is 25.7. The van der Waals surface area contributed by atoms with Crippen LogP contribution in [0.3, 0.4) is 0 Å². The standard InChI is InChI=1S/C31H29NO5/c1-31(2)26(16-17-28(33)35-19-18-22-10-5-3-6-11-22)29(31)30(34)37-27(21-32)23-12-9-15-25(20-23)36-24-13-7-4-8-14-24/h3-17,20,26-27,29H,18-19H2,1-2H3/t26-,27?,29-/m0/s1. The van der Waals surface area contributed by atoms with Crippen molar-refractivity contribution in [3.8, 4) is 17.6 Å². The number of benzene rings is 3. The highest BCUT2D eigenvalue weighted by Crippen LogP contribution is 2.59. The van der Waals surface area contributed by atoms with Crippen LogP contribution in [0.15, 0.2) is 97.1 Å². The molecule has 1 unspecified atom stereocenters. The number of hydrogen-bond acceptors (Lipinski definition) is 6. The summed E-state index contributed by atoms with van der Waals surface area (Å²) in [6.07, 6.45) is 2.64. The molecule has 3 atom stereocenters. The van der Waals surface area contributed by atoms with Gasteiger partial charge in [0.05, 0.1) is 12.5 Å². The first-order chi connectivity index (χ1) is 17.9. The van der Waals surface area contributed by atoms with E-state index in [0.717, 1.165) is 5.56 Å². The molecule has 0 N–H and O–H groups in total. The average Bonchev–Trinajstić information content (AvgIpc) is 3.47. The van der Waals surface area contributed by atoms with Crippen molar-refractivity contribution in [3.63, 3.8) is 0 Å². The summed E-state index contributed by atoms with van der Waals surface area (Å²) in [4.78, 5) is 25.1. The van der Waals surface area contributed by atoms with Gasteiger partial charge < -0.3 is 14.2 Å². The summed E-state index contributed by atoms with van der Waals surface area (Å²) in [5.74, 6) is -0.361. The van der Waals surface area contributed by atoms with Gasteiger partial charge in [-0.1, -0.05) is 80.6 Å². The Bertz CT molecular complexity index is 1290. The van der Waals surface area contributed by atoms with E-state index < -0.39 is 29.4 Å². The van der Waals surface area contributed by atoms with Crippen molar-refractivity contribution >= 4 is 11.9 Å². The van der Waals surface area contributed by atoms with Crippen LogP contribution in [0.4, 0.5) is 0 Å². The second kappa shape index (κ2) is 11.6. The molecule has 1 aliphatic carbocycles. The van der Waals surface area contributed by atoms with E-state index in [1.165, 1.54) is 6.08 Å². The lowest BCUT2D eigenvalue weighted by molar-refractivity contribution is -0.149. The molecule has 1 aliphatic rings. The molecule has 3 aromatic rings. The van der Waals surface area contributed by atoms with Crippen LogP contribution in [0, 0.1) is 28.6 Å². The average molecular weight is 496 g/mol. The summed E-state index contributed by atoms with van der Waals surface area (Å²) in [6, 6.07) is 28.1. The molecule has 0 saturated heterocycles. The fourth-order valence-electron chi connectivity index (χ4n) is 4.36. The third kappa shape index (κ3) is 6.65. The van der Waals surface area contributed by atoms with E-state index in [0.29, 0.717) is 23.5 Å². The van der Waals surface area contributed by atoms with Gasteiger partial charge in [-0.15, -0.1) is 0 Å². The van der Waals surface area contributed by atoms with Crippen molar-refractivity contribution in [2.24, 2.45) is 17.3 Å². The lowest BCUT2D eigenvalue weighted by Crippen LogP contribution is -2.14. The summed E-state index contributed by atoms with van der Waals surface area (Å²) in [7, 11) is 0. The molecule has 188 valence electrons. The van der Waals surface area contributed by atoms with Gasteiger partial charge in [-0.3, -0.25) is 4.79 Å². The maximum absolute atomic E-state index is 13.0. The third-order valence-electron chi connectivity index (χ3n) is 6.57. The van der Waals surface area contributed by atoms with Crippen molar-refractivity contribution in [1.29, 1.82) is 5.26 Å². The van der Waals surface area contributed by atoms with Gasteiger partial charge in [0.25, 0.3) is 0 Å². The van der Waals surface area contributed by atoms with Gasteiger partial charge in [-0.2, -0.15) is 5.26 Å². The van der Waals surface area contributed by atoms with Crippen molar-refractivity contribution in [2.45, 2.75) is 26.4 Å². The van der Waals surface area contributed by atoms with Gasteiger partial charge >= 0.3 is 11.9 Å². The molecule has 37 heavy (non-hydrogen) atoms. The molecule has 1 saturated carbocycles. The zero-order valence-corrected chi connectivity index (χ0v) is 20.9. The summed E-state index contributed by atoms with van der Waals surface area (Å²) < 4.78 is 16.7. The Kier molecular flexibility index (Phi) is 8.05. The lowest BCUT2D eigenvalue weighted by Gasteiger charge is -2.13. The Morgan fingerprint density at radius 2 is 1.65 bits per heavy atom. The van der Waals surface area contributed by atoms with Crippen LogP contribution in [-0.4, -0.2) is 18.5 Å². The molecule has 0 aliphatic heterocycles. The Morgan fingerprint density at radius 3 is 2.35 bits per heavy atom. The highest BCUT2D eigenvalue weighted by molar-refractivity contribution is 5.83. The van der Waals surface area contributed by atoms with Gasteiger partial charge in [-0.05, 0) is 41.2 Å². The first-order valence-corrected chi connectivity index (χ1v) is 12.2. The van der Waals surface area contributed by atoms with Crippen molar-refractivity contribution < 1.29 is 23.8 Å². The van der Waals surface area contributed by atoms with Crippen LogP contribution >= 0.6 is 0 Å². The van der Waals surface area contributed by atoms with Gasteiger partial charge in [0.15, 0.2) is 0 Å². The molecule has 0 radical (unpaired) electrons. The number of carbonyl (C=O) groups excluding carboxylic acids is 2. The first-order valence-electron chi connectivity index (χ1n) is 12.2. The molecular weight excluding hydrogens is 466 g/mol. The van der Waals surface area contributed by atoms with E-state index in [1.807, 2.05) is 74.5 Å². The van der Waals surface area contributed by atoms with E-state index in [9.17, 15) is 14.9 Å². The summed E-state index contributed by atoms with van der Waals surface area (Å²) in [6.45, 7) is 4.15. The number of esters is 2. The van der Waals surface area contributed by atoms with Gasteiger partial charge in [0.2, 0.25) is 6.10 Å². The van der Waals surface area contributed by atoms with Gasteiger partial charge in [-0.25, -0.2) is 4.79 Å². The maximum Gasteiger partial charge on any atom is 0.330 e. The zero-order valence-electron chi connectivity index (χ0n) is 20.9. The molecule has 0 bridgehead atoms. The third-order valence-corrected chi connectivity index (χ3v) is 6.57. The SMILES string of the molecule is CC1(C)[C@H](C(=O)OC(C#N)c2cccc(Oc3ccccc3)c2)[C@@H]1C=CC(=O)OCCc1ccccc1. The summed E-state index contributed by atoms with van der Waals surface area (Å²) in [5, 5.41) is 9.70. The van der Waals surface area contributed by atoms with E-state index in [1.54, 1.807) is 30.3 Å². The van der Waals surface area contributed by atoms with E-state index in [2.05, 4.69) is 6.07 Å². The quantitative estimate of drug-likeness (QED) is 0.246. The Morgan fingerprint density at radius 1 is 0.973 bits per heavy atom. The minimum Gasteiger partial charge on any atom is -0.462 e. The van der Waals surface area contributed by atoms with Crippen molar-refractivity contribution in [1.82, 2.24) is 0 Å². The van der Waals surface area contributed by atoms with E-state index >= 15 is 0 Å². The Hall–Kier alpha value is -4.37. The molecule has 0 amide bonds. The monoisotopic (exact) mass is 495 g/mol. The summed E-state index contributed by atoms with van der Waals surface area (Å²) >= 11 is 0. The molecule has 6 nitrogen and oxygen atoms in total. The second-order valence-corrected chi connectivity index (χ2v) is 9.52. The minimum absolute atomic E-state index is 0.186. The molecule has 3 aromatic carbocycles. The largest absolute Gasteiger partial charge is 0.462 e. The van der Waals surface area contributed by atoms with Crippen LogP contribution in [0.25, 0.3) is 0 Å². The predicted octanol–water partition coefficient (Wildman–Crippen LogP) is 6.20. The van der Waals surface area contributed by atoms with E-state index in [-0.39, 0.29) is 12.5 Å². The van der Waals surface area contributed by atoms with Crippen LogP contribution in [0.1, 0.15) is 31.1 Å². The van der Waals surface area contributed by atoms with Crippen LogP contribution in [-0.2, 0) is 25.5 Å². The Balaban J connectivity index is 1.32. The normalized spacial score (nSPS) is 18.4. The highest BCUT2D eigenvalue weighted by Gasteiger charge is 2.61. The second-order valence-electron chi connectivity index (χ2n) is 9.52. The molecule has 0 heterocycles. The van der Waals surface area contributed by atoms with Crippen LogP contribution < -0.4 is 4.74 Å². The molecular formula is C31H29NO5.